The monoisotopic (exact) mass is 878 g/mol. The summed E-state index contributed by atoms with van der Waals surface area (Å²) in [4.78, 5) is 0. The van der Waals surface area contributed by atoms with Crippen LogP contribution in [-0.2, 0) is 0 Å². The van der Waals surface area contributed by atoms with E-state index in [1.807, 2.05) is 0 Å². The Morgan fingerprint density at radius 2 is 1.04 bits per heavy atom. The van der Waals surface area contributed by atoms with E-state index in [4.69, 9.17) is 4.74 Å². The second-order valence-electron chi connectivity index (χ2n) is 5.63. The fourth-order valence-electron chi connectivity index (χ4n) is 2.36. The minimum absolute atomic E-state index is 0.363. The van der Waals surface area contributed by atoms with E-state index in [2.05, 4.69) is 127 Å². The first kappa shape index (κ1) is 23.7. The fourth-order valence-corrected chi connectivity index (χ4v) is 7.33. The van der Waals surface area contributed by atoms with Crippen molar-refractivity contribution in [3.8, 4) is 5.75 Å². The Morgan fingerprint density at radius 1 is 0.652 bits per heavy atom. The van der Waals surface area contributed by atoms with Gasteiger partial charge in [-0.25, -0.2) is 0 Å². The number of halogens is 5. The van der Waals surface area contributed by atoms with Crippen molar-refractivity contribution in [2.75, 3.05) is 0 Å². The molecule has 0 bridgehead atoms. The quantitative estimate of drug-likeness (QED) is 0.0992. The van der Waals surface area contributed by atoms with E-state index in [9.17, 15) is 0 Å². The zero-order valence-electron chi connectivity index (χ0n) is 13.5. The van der Waals surface area contributed by atoms with Gasteiger partial charge < -0.3 is 4.74 Å². The summed E-state index contributed by atoms with van der Waals surface area (Å²) in [5.74, 6) is 1.11. The third-order valence-corrected chi connectivity index (χ3v) is 13.1. The molecule has 0 spiro atoms. The number of rotatable bonds is 10. The second kappa shape index (κ2) is 12.9. The summed E-state index contributed by atoms with van der Waals surface area (Å²) < 4.78 is 13.1. The van der Waals surface area contributed by atoms with Gasteiger partial charge in [-0.1, -0.05) is 39.5 Å². The van der Waals surface area contributed by atoms with Crippen LogP contribution in [0.15, 0.2) is 0 Å². The molecule has 0 saturated carbocycles. The van der Waals surface area contributed by atoms with E-state index < -0.39 is 0 Å². The van der Waals surface area contributed by atoms with E-state index >= 15 is 0 Å². The zero-order chi connectivity index (χ0) is 17.4. The molecule has 0 amide bonds. The van der Waals surface area contributed by atoms with Gasteiger partial charge >= 0.3 is 0 Å². The summed E-state index contributed by atoms with van der Waals surface area (Å²) in [6.07, 6.45) is 10.4. The van der Waals surface area contributed by atoms with Gasteiger partial charge in [-0.15, -0.1) is 0 Å². The van der Waals surface area contributed by atoms with E-state index in [0.717, 1.165) is 5.75 Å². The predicted molar refractivity (Wildman–Crippen MR) is 143 cm³/mol. The van der Waals surface area contributed by atoms with Gasteiger partial charge in [-0.05, 0) is 139 Å². The number of hydrogen-bond donors (Lipinski definition) is 0. The Labute approximate surface area is 209 Å². The zero-order valence-corrected chi connectivity index (χ0v) is 24.3. The third kappa shape index (κ3) is 7.67. The van der Waals surface area contributed by atoms with Crippen molar-refractivity contribution >= 4 is 113 Å². The lowest BCUT2D eigenvalue weighted by Crippen LogP contribution is -2.19. The van der Waals surface area contributed by atoms with Gasteiger partial charge in [-0.2, -0.15) is 0 Å². The first-order valence-corrected chi connectivity index (χ1v) is 13.5. The van der Waals surface area contributed by atoms with Gasteiger partial charge in [0.05, 0.1) is 13.2 Å². The van der Waals surface area contributed by atoms with Gasteiger partial charge in [0.15, 0.2) is 0 Å². The molecule has 0 heterocycles. The summed E-state index contributed by atoms with van der Waals surface area (Å²) in [7, 11) is 0. The average Bonchev–Trinajstić information content (AvgIpc) is 2.55. The Kier molecular flexibility index (Phi) is 13.3. The van der Waals surface area contributed by atoms with Crippen LogP contribution >= 0.6 is 113 Å². The smallest absolute Gasteiger partial charge is 0.148 e. The molecular formula is C17H23I5O. The van der Waals surface area contributed by atoms with Crippen LogP contribution in [0.3, 0.4) is 0 Å². The molecule has 6 heteroatoms. The maximum Gasteiger partial charge on any atom is 0.148 e. The Balaban J connectivity index is 2.93. The second-order valence-corrected chi connectivity index (χ2v) is 11.0. The number of unbranched alkanes of at least 4 members (excludes halogenated alkanes) is 4. The van der Waals surface area contributed by atoms with Crippen molar-refractivity contribution < 1.29 is 4.74 Å². The molecule has 132 valence electrons. The van der Waals surface area contributed by atoms with Crippen LogP contribution in [0.2, 0.25) is 0 Å². The molecule has 0 radical (unpaired) electrons. The first-order valence-electron chi connectivity index (χ1n) is 8.12. The van der Waals surface area contributed by atoms with Crippen LogP contribution in [0.25, 0.3) is 0 Å². The highest BCUT2D eigenvalue weighted by Gasteiger charge is 2.21. The summed E-state index contributed by atoms with van der Waals surface area (Å²) in [5, 5.41) is 0. The topological polar surface area (TPSA) is 9.23 Å². The van der Waals surface area contributed by atoms with Crippen molar-refractivity contribution in [1.82, 2.24) is 0 Å². The van der Waals surface area contributed by atoms with Crippen molar-refractivity contribution in [1.29, 1.82) is 0 Å². The molecule has 1 rings (SSSR count). The molecule has 0 fully saturated rings. The van der Waals surface area contributed by atoms with Gasteiger partial charge in [0.1, 0.15) is 5.75 Å². The normalized spacial score (nSPS) is 11.3. The molecule has 0 unspecified atom stereocenters. The number of benzene rings is 1. The largest absolute Gasteiger partial charge is 0.488 e. The van der Waals surface area contributed by atoms with Crippen molar-refractivity contribution in [3.05, 3.63) is 17.9 Å². The molecule has 0 aliphatic heterocycles. The fraction of sp³-hybridized carbons (Fsp3) is 0.647. The average molecular weight is 878 g/mol. The summed E-state index contributed by atoms with van der Waals surface area (Å²) in [6.45, 7) is 4.53. The Morgan fingerprint density at radius 3 is 1.43 bits per heavy atom. The lowest BCUT2D eigenvalue weighted by molar-refractivity contribution is 0.170. The molecule has 0 atom stereocenters. The molecule has 1 aromatic carbocycles. The molecule has 0 saturated heterocycles. The lowest BCUT2D eigenvalue weighted by atomic mass is 10.0. The van der Waals surface area contributed by atoms with Crippen LogP contribution in [0.4, 0.5) is 0 Å². The van der Waals surface area contributed by atoms with Crippen LogP contribution in [0, 0.1) is 17.9 Å². The third-order valence-electron chi connectivity index (χ3n) is 3.71. The maximum atomic E-state index is 6.56. The van der Waals surface area contributed by atoms with Crippen molar-refractivity contribution in [2.24, 2.45) is 0 Å². The van der Waals surface area contributed by atoms with Gasteiger partial charge in [-0.3, -0.25) is 0 Å². The molecule has 0 aliphatic rings. The molecule has 0 aromatic heterocycles. The van der Waals surface area contributed by atoms with Gasteiger partial charge in [0.2, 0.25) is 0 Å². The maximum absolute atomic E-state index is 6.56. The Hall–Kier alpha value is 2.67. The van der Waals surface area contributed by atoms with Gasteiger partial charge in [0, 0.05) is 10.7 Å². The molecule has 23 heavy (non-hydrogen) atoms. The van der Waals surface area contributed by atoms with E-state index in [-0.39, 0.29) is 0 Å². The van der Waals surface area contributed by atoms with Gasteiger partial charge in [0.25, 0.3) is 0 Å². The minimum atomic E-state index is 0.363. The van der Waals surface area contributed by atoms with Crippen molar-refractivity contribution in [3.63, 3.8) is 0 Å². The molecule has 1 aromatic rings. The van der Waals surface area contributed by atoms with Crippen LogP contribution < -0.4 is 4.74 Å². The Bertz CT molecular complexity index is 465. The standard InChI is InChI=1S/C17H23I5O/c1-3-5-7-9-11(10-8-6-4-2)23-17-15(21)13(19)12(18)14(20)16(17)22/h11H,3-10H2,1-2H3. The molecular weight excluding hydrogens is 855 g/mol. The van der Waals surface area contributed by atoms with Crippen LogP contribution in [-0.4, -0.2) is 6.10 Å². The summed E-state index contributed by atoms with van der Waals surface area (Å²) >= 11 is 12.2. The lowest BCUT2D eigenvalue weighted by Gasteiger charge is -2.22. The SMILES string of the molecule is CCCCCC(CCCCC)Oc1c(I)c(I)c(I)c(I)c1I. The summed E-state index contributed by atoms with van der Waals surface area (Å²) in [5.41, 5.74) is 0. The number of ether oxygens (including phenoxy) is 1. The highest BCUT2D eigenvalue weighted by atomic mass is 127. The molecule has 0 N–H and O–H groups in total. The first-order chi connectivity index (χ1) is 10.9. The van der Waals surface area contributed by atoms with E-state index in [1.54, 1.807) is 0 Å². The molecule has 1 nitrogen and oxygen atoms in total. The van der Waals surface area contributed by atoms with E-state index in [1.165, 1.54) is 69.2 Å². The molecule has 0 aliphatic carbocycles. The highest BCUT2D eigenvalue weighted by Crippen LogP contribution is 2.39. The minimum Gasteiger partial charge on any atom is -0.488 e. The predicted octanol–water partition coefficient (Wildman–Crippen LogP) is 8.62. The van der Waals surface area contributed by atoms with Crippen molar-refractivity contribution in [2.45, 2.75) is 71.3 Å². The van der Waals surface area contributed by atoms with Crippen LogP contribution in [0.5, 0.6) is 5.75 Å². The highest BCUT2D eigenvalue weighted by molar-refractivity contribution is 14.1. The van der Waals surface area contributed by atoms with E-state index in [0.29, 0.717) is 6.10 Å². The summed E-state index contributed by atoms with van der Waals surface area (Å²) in [6, 6.07) is 0. The number of hydrogen-bond acceptors (Lipinski definition) is 1. The van der Waals surface area contributed by atoms with Crippen LogP contribution in [0.1, 0.15) is 65.2 Å².